The summed E-state index contributed by atoms with van der Waals surface area (Å²) in [4.78, 5) is 11.3. The summed E-state index contributed by atoms with van der Waals surface area (Å²) in [5.41, 5.74) is 7.69. The molecule has 2 rings (SSSR count). The van der Waals surface area contributed by atoms with Gasteiger partial charge in [0.15, 0.2) is 0 Å². The number of primary amides is 1. The van der Waals surface area contributed by atoms with E-state index in [-0.39, 0.29) is 0 Å². The molecule has 3 heteroatoms. The lowest BCUT2D eigenvalue weighted by Gasteiger charge is -2.02. The number of amides is 1. The van der Waals surface area contributed by atoms with Crippen LogP contribution in [0.2, 0.25) is 0 Å². The number of ether oxygens (including phenoxy) is 1. The third kappa shape index (κ3) is 3.22. The quantitative estimate of drug-likeness (QED) is 0.852. The van der Waals surface area contributed by atoms with Crippen molar-refractivity contribution in [3.8, 4) is 5.75 Å². The number of rotatable bonds is 4. The van der Waals surface area contributed by atoms with Crippen molar-refractivity contribution in [2.75, 3.05) is 7.11 Å². The molecule has 0 spiro atoms. The van der Waals surface area contributed by atoms with Crippen LogP contribution in [0.4, 0.5) is 0 Å². The zero-order valence-corrected chi connectivity index (χ0v) is 10.7. The highest BCUT2D eigenvalue weighted by Crippen LogP contribution is 2.15. The van der Waals surface area contributed by atoms with E-state index >= 15 is 0 Å². The molecule has 0 atom stereocenters. The predicted octanol–water partition coefficient (Wildman–Crippen LogP) is 2.96. The standard InChI is InChI=1S/C16H15NO2/c1-19-14-10-7-12(8-11-14)6-9-13-4-2-3-5-15(13)16(17)18/h2-11H,1H3,(H2,17,18)/b9-6+. The lowest BCUT2D eigenvalue weighted by atomic mass is 10.1. The maximum absolute atomic E-state index is 11.3. The molecule has 2 aromatic carbocycles. The third-order valence-corrected chi connectivity index (χ3v) is 2.80. The van der Waals surface area contributed by atoms with Crippen LogP contribution in [0.5, 0.6) is 5.75 Å². The number of methoxy groups -OCH3 is 1. The average Bonchev–Trinajstić information content (AvgIpc) is 2.46. The lowest BCUT2D eigenvalue weighted by Crippen LogP contribution is -2.12. The van der Waals surface area contributed by atoms with Crippen LogP contribution in [0.1, 0.15) is 21.5 Å². The van der Waals surface area contributed by atoms with Gasteiger partial charge in [0.1, 0.15) is 5.75 Å². The largest absolute Gasteiger partial charge is 0.497 e. The Hall–Kier alpha value is -2.55. The van der Waals surface area contributed by atoms with Gasteiger partial charge in [-0.15, -0.1) is 0 Å². The zero-order valence-electron chi connectivity index (χ0n) is 10.7. The van der Waals surface area contributed by atoms with Crippen molar-refractivity contribution >= 4 is 18.1 Å². The maximum atomic E-state index is 11.3. The average molecular weight is 253 g/mol. The fourth-order valence-electron chi connectivity index (χ4n) is 1.77. The van der Waals surface area contributed by atoms with E-state index in [2.05, 4.69) is 0 Å². The van der Waals surface area contributed by atoms with Gasteiger partial charge in [0, 0.05) is 5.56 Å². The Labute approximate surface area is 112 Å². The minimum Gasteiger partial charge on any atom is -0.497 e. The van der Waals surface area contributed by atoms with Crippen molar-refractivity contribution < 1.29 is 9.53 Å². The molecule has 3 nitrogen and oxygen atoms in total. The Morgan fingerprint density at radius 2 is 1.74 bits per heavy atom. The molecule has 0 aliphatic rings. The Bertz CT molecular complexity index is 600. The van der Waals surface area contributed by atoms with Crippen LogP contribution in [0, 0.1) is 0 Å². The minimum atomic E-state index is -0.421. The molecule has 0 aliphatic heterocycles. The van der Waals surface area contributed by atoms with Crippen molar-refractivity contribution in [3.63, 3.8) is 0 Å². The molecule has 96 valence electrons. The van der Waals surface area contributed by atoms with Crippen molar-refractivity contribution in [2.24, 2.45) is 5.73 Å². The first-order valence-corrected chi connectivity index (χ1v) is 5.91. The number of benzene rings is 2. The van der Waals surface area contributed by atoms with E-state index in [0.29, 0.717) is 5.56 Å². The van der Waals surface area contributed by atoms with E-state index in [9.17, 15) is 4.79 Å². The molecule has 0 heterocycles. The number of hydrogen-bond donors (Lipinski definition) is 1. The second-order valence-electron chi connectivity index (χ2n) is 4.06. The second-order valence-corrected chi connectivity index (χ2v) is 4.06. The summed E-state index contributed by atoms with van der Waals surface area (Å²) in [6.45, 7) is 0. The van der Waals surface area contributed by atoms with Crippen LogP contribution in [0.3, 0.4) is 0 Å². The van der Waals surface area contributed by atoms with Gasteiger partial charge in [-0.05, 0) is 29.3 Å². The normalized spacial score (nSPS) is 10.6. The summed E-state index contributed by atoms with van der Waals surface area (Å²) < 4.78 is 5.10. The molecule has 2 aromatic rings. The summed E-state index contributed by atoms with van der Waals surface area (Å²) in [6, 6.07) is 14.9. The molecule has 0 radical (unpaired) electrons. The monoisotopic (exact) mass is 253 g/mol. The Kier molecular flexibility index (Phi) is 3.98. The van der Waals surface area contributed by atoms with Gasteiger partial charge in [-0.25, -0.2) is 0 Å². The molecule has 0 aromatic heterocycles. The molecule has 0 aliphatic carbocycles. The van der Waals surface area contributed by atoms with Crippen LogP contribution in [-0.4, -0.2) is 13.0 Å². The van der Waals surface area contributed by atoms with E-state index in [1.807, 2.05) is 48.6 Å². The van der Waals surface area contributed by atoms with Gasteiger partial charge in [-0.1, -0.05) is 42.5 Å². The van der Waals surface area contributed by atoms with Crippen LogP contribution >= 0.6 is 0 Å². The number of carbonyl (C=O) groups excluding carboxylic acids is 1. The molecule has 2 N–H and O–H groups in total. The topological polar surface area (TPSA) is 52.3 Å². The fourth-order valence-corrected chi connectivity index (χ4v) is 1.77. The smallest absolute Gasteiger partial charge is 0.249 e. The fraction of sp³-hybridized carbons (Fsp3) is 0.0625. The molecule has 0 unspecified atom stereocenters. The van der Waals surface area contributed by atoms with Gasteiger partial charge in [0.25, 0.3) is 0 Å². The van der Waals surface area contributed by atoms with Crippen molar-refractivity contribution in [1.82, 2.24) is 0 Å². The van der Waals surface area contributed by atoms with Crippen LogP contribution < -0.4 is 10.5 Å². The van der Waals surface area contributed by atoms with Gasteiger partial charge in [0.2, 0.25) is 5.91 Å². The van der Waals surface area contributed by atoms with Gasteiger partial charge in [-0.3, -0.25) is 4.79 Å². The minimum absolute atomic E-state index is 0.421. The zero-order chi connectivity index (χ0) is 13.7. The summed E-state index contributed by atoms with van der Waals surface area (Å²) >= 11 is 0. The van der Waals surface area contributed by atoms with Crippen LogP contribution in [0.15, 0.2) is 48.5 Å². The van der Waals surface area contributed by atoms with E-state index in [4.69, 9.17) is 10.5 Å². The molecule has 0 saturated heterocycles. The van der Waals surface area contributed by atoms with Gasteiger partial charge in [-0.2, -0.15) is 0 Å². The van der Waals surface area contributed by atoms with Crippen molar-refractivity contribution in [3.05, 3.63) is 65.2 Å². The highest BCUT2D eigenvalue weighted by atomic mass is 16.5. The first kappa shape index (κ1) is 12.9. The van der Waals surface area contributed by atoms with Crippen LogP contribution in [0.25, 0.3) is 12.2 Å². The molecule has 0 fully saturated rings. The SMILES string of the molecule is COc1ccc(/C=C/c2ccccc2C(N)=O)cc1. The first-order valence-electron chi connectivity index (χ1n) is 5.91. The number of carbonyl (C=O) groups is 1. The number of hydrogen-bond acceptors (Lipinski definition) is 2. The lowest BCUT2D eigenvalue weighted by molar-refractivity contribution is 0.1000. The molecular weight excluding hydrogens is 238 g/mol. The highest BCUT2D eigenvalue weighted by molar-refractivity contribution is 5.97. The number of nitrogens with two attached hydrogens (primary N) is 1. The Balaban J connectivity index is 2.24. The summed E-state index contributed by atoms with van der Waals surface area (Å²) in [5.74, 6) is 0.393. The van der Waals surface area contributed by atoms with E-state index in [1.165, 1.54) is 0 Å². The van der Waals surface area contributed by atoms with E-state index in [0.717, 1.165) is 16.9 Å². The maximum Gasteiger partial charge on any atom is 0.249 e. The highest BCUT2D eigenvalue weighted by Gasteiger charge is 2.03. The second kappa shape index (κ2) is 5.87. The summed E-state index contributed by atoms with van der Waals surface area (Å²) in [7, 11) is 1.63. The molecule has 1 amide bonds. The molecule has 0 saturated carbocycles. The Morgan fingerprint density at radius 3 is 2.37 bits per heavy atom. The van der Waals surface area contributed by atoms with E-state index < -0.39 is 5.91 Å². The molecule has 19 heavy (non-hydrogen) atoms. The summed E-state index contributed by atoms with van der Waals surface area (Å²) in [5, 5.41) is 0. The van der Waals surface area contributed by atoms with Crippen molar-refractivity contribution in [2.45, 2.75) is 0 Å². The predicted molar refractivity (Wildman–Crippen MR) is 76.9 cm³/mol. The van der Waals surface area contributed by atoms with Gasteiger partial charge in [0.05, 0.1) is 7.11 Å². The molecule has 0 bridgehead atoms. The third-order valence-electron chi connectivity index (χ3n) is 2.80. The molecular formula is C16H15NO2. The van der Waals surface area contributed by atoms with E-state index in [1.54, 1.807) is 19.2 Å². The van der Waals surface area contributed by atoms with Gasteiger partial charge >= 0.3 is 0 Å². The van der Waals surface area contributed by atoms with Crippen LogP contribution in [-0.2, 0) is 0 Å². The van der Waals surface area contributed by atoms with Gasteiger partial charge < -0.3 is 10.5 Å². The first-order chi connectivity index (χ1) is 9.20. The van der Waals surface area contributed by atoms with Crippen molar-refractivity contribution in [1.29, 1.82) is 0 Å². The summed E-state index contributed by atoms with van der Waals surface area (Å²) in [6.07, 6.45) is 3.81. The Morgan fingerprint density at radius 1 is 1.05 bits per heavy atom.